The van der Waals surface area contributed by atoms with Crippen LogP contribution in [0.2, 0.25) is 0 Å². The van der Waals surface area contributed by atoms with Gasteiger partial charge in [0.05, 0.1) is 0 Å². The van der Waals surface area contributed by atoms with Crippen molar-refractivity contribution in [2.75, 3.05) is 0 Å². The molecule has 0 saturated carbocycles. The molecule has 0 saturated heterocycles. The molecule has 0 N–H and O–H groups in total. The molecule has 0 aliphatic rings. The monoisotopic (exact) mass is 410 g/mol. The fourth-order valence-corrected chi connectivity index (χ4v) is 3.45. The SMILES string of the molecule is CCCc1cc(C(=O)OCc2nnc(-c3ccc(Br)o3)o2)sc1C. The summed E-state index contributed by atoms with van der Waals surface area (Å²) in [4.78, 5) is 13.9. The number of hydrogen-bond donors (Lipinski definition) is 0. The van der Waals surface area contributed by atoms with Gasteiger partial charge in [-0.25, -0.2) is 4.79 Å². The lowest BCUT2D eigenvalue weighted by molar-refractivity contribution is 0.0444. The Balaban J connectivity index is 1.62. The number of hydrogen-bond acceptors (Lipinski definition) is 7. The van der Waals surface area contributed by atoms with E-state index in [0.29, 0.717) is 15.3 Å². The van der Waals surface area contributed by atoms with E-state index in [0.717, 1.165) is 17.7 Å². The van der Waals surface area contributed by atoms with Crippen LogP contribution >= 0.6 is 27.3 Å². The molecule has 0 aliphatic carbocycles. The lowest BCUT2D eigenvalue weighted by atomic mass is 10.1. The maximum Gasteiger partial charge on any atom is 0.348 e. The Kier molecular flexibility index (Phi) is 5.15. The van der Waals surface area contributed by atoms with Crippen LogP contribution in [0.3, 0.4) is 0 Å². The summed E-state index contributed by atoms with van der Waals surface area (Å²) in [6.07, 6.45) is 2.00. The molecule has 3 heterocycles. The van der Waals surface area contributed by atoms with Crippen LogP contribution in [0.1, 0.15) is 39.3 Å². The molecule has 0 bridgehead atoms. The molecular weight excluding hydrogens is 396 g/mol. The number of furan rings is 1. The number of ether oxygens (including phenoxy) is 1. The first-order chi connectivity index (χ1) is 11.6. The van der Waals surface area contributed by atoms with Crippen molar-refractivity contribution in [1.82, 2.24) is 10.2 Å². The minimum absolute atomic E-state index is 0.0756. The van der Waals surface area contributed by atoms with Crippen molar-refractivity contribution >= 4 is 33.2 Å². The van der Waals surface area contributed by atoms with Crippen molar-refractivity contribution in [3.63, 3.8) is 0 Å². The predicted octanol–water partition coefficient (Wildman–Crippen LogP) is 4.77. The molecule has 24 heavy (non-hydrogen) atoms. The van der Waals surface area contributed by atoms with Gasteiger partial charge in [0.2, 0.25) is 0 Å². The van der Waals surface area contributed by atoms with E-state index in [9.17, 15) is 4.79 Å². The van der Waals surface area contributed by atoms with Crippen molar-refractivity contribution in [2.24, 2.45) is 0 Å². The van der Waals surface area contributed by atoms with E-state index in [-0.39, 0.29) is 24.4 Å². The molecule has 0 unspecified atom stereocenters. The topological polar surface area (TPSA) is 78.4 Å². The molecule has 3 rings (SSSR count). The van der Waals surface area contributed by atoms with Gasteiger partial charge in [0.25, 0.3) is 11.8 Å². The molecule has 0 fully saturated rings. The zero-order valence-corrected chi connectivity index (χ0v) is 15.6. The summed E-state index contributed by atoms with van der Waals surface area (Å²) in [5.74, 6) is 0.521. The highest BCUT2D eigenvalue weighted by Gasteiger charge is 2.16. The quantitative estimate of drug-likeness (QED) is 0.544. The van der Waals surface area contributed by atoms with Crippen molar-refractivity contribution in [3.8, 4) is 11.7 Å². The normalized spacial score (nSPS) is 11.0. The third-order valence-electron chi connectivity index (χ3n) is 3.32. The van der Waals surface area contributed by atoms with Crippen molar-refractivity contribution in [1.29, 1.82) is 0 Å². The Morgan fingerprint density at radius 3 is 2.88 bits per heavy atom. The number of halogens is 1. The van der Waals surface area contributed by atoms with Gasteiger partial charge in [-0.1, -0.05) is 13.3 Å². The summed E-state index contributed by atoms with van der Waals surface area (Å²) >= 11 is 4.65. The fourth-order valence-electron chi connectivity index (χ4n) is 2.18. The lowest BCUT2D eigenvalue weighted by Crippen LogP contribution is -2.03. The van der Waals surface area contributed by atoms with Crippen LogP contribution in [0.25, 0.3) is 11.7 Å². The van der Waals surface area contributed by atoms with E-state index >= 15 is 0 Å². The van der Waals surface area contributed by atoms with Crippen LogP contribution < -0.4 is 0 Å². The standard InChI is InChI=1S/C16H15BrN2O4S/c1-3-4-10-7-12(24-9(10)2)16(20)21-8-14-18-19-15(23-14)11-5-6-13(17)22-11/h5-7H,3-4,8H2,1-2H3. The number of carbonyl (C=O) groups is 1. The average Bonchev–Trinajstić information content (AvgIpc) is 3.26. The zero-order valence-electron chi connectivity index (χ0n) is 13.2. The first kappa shape index (κ1) is 16.9. The van der Waals surface area contributed by atoms with Gasteiger partial charge in [-0.2, -0.15) is 0 Å². The van der Waals surface area contributed by atoms with Crippen molar-refractivity contribution in [2.45, 2.75) is 33.3 Å². The van der Waals surface area contributed by atoms with Gasteiger partial charge in [0.1, 0.15) is 4.88 Å². The van der Waals surface area contributed by atoms with Crippen LogP contribution in [0.5, 0.6) is 0 Å². The smallest absolute Gasteiger partial charge is 0.348 e. The van der Waals surface area contributed by atoms with Gasteiger partial charge < -0.3 is 13.6 Å². The molecule has 0 radical (unpaired) electrons. The molecule has 0 spiro atoms. The number of rotatable bonds is 6. The van der Waals surface area contributed by atoms with E-state index in [1.807, 2.05) is 13.0 Å². The number of thiophene rings is 1. The zero-order chi connectivity index (χ0) is 17.1. The predicted molar refractivity (Wildman–Crippen MR) is 91.9 cm³/mol. The van der Waals surface area contributed by atoms with Crippen molar-refractivity contribution in [3.05, 3.63) is 44.1 Å². The molecule has 8 heteroatoms. The second kappa shape index (κ2) is 7.31. The summed E-state index contributed by atoms with van der Waals surface area (Å²) < 4.78 is 16.6. The summed E-state index contributed by atoms with van der Waals surface area (Å²) in [6.45, 7) is 4.05. The Morgan fingerprint density at radius 2 is 2.17 bits per heavy atom. The van der Waals surface area contributed by atoms with Gasteiger partial charge in [0.15, 0.2) is 17.0 Å². The molecule has 0 aliphatic heterocycles. The fraction of sp³-hybridized carbons (Fsp3) is 0.312. The van der Waals surface area contributed by atoms with Gasteiger partial charge in [-0.15, -0.1) is 21.5 Å². The number of aryl methyl sites for hydroxylation is 2. The summed E-state index contributed by atoms with van der Waals surface area (Å²) in [6, 6.07) is 5.33. The molecule has 126 valence electrons. The molecular formula is C16H15BrN2O4S. The average molecular weight is 411 g/mol. The van der Waals surface area contributed by atoms with E-state index in [1.165, 1.54) is 16.9 Å². The molecule has 3 aromatic rings. The van der Waals surface area contributed by atoms with E-state index < -0.39 is 0 Å². The van der Waals surface area contributed by atoms with Crippen LogP contribution in [0.15, 0.2) is 31.7 Å². The largest absolute Gasteiger partial charge is 0.451 e. The van der Waals surface area contributed by atoms with E-state index in [1.54, 1.807) is 12.1 Å². The highest BCUT2D eigenvalue weighted by molar-refractivity contribution is 9.10. The van der Waals surface area contributed by atoms with Gasteiger partial charge in [-0.05, 0) is 53.0 Å². The Hall–Kier alpha value is -1.93. The second-order valence-corrected chi connectivity index (χ2v) is 7.16. The molecule has 3 aromatic heterocycles. The first-order valence-corrected chi connectivity index (χ1v) is 9.02. The van der Waals surface area contributed by atoms with Crippen LogP contribution in [-0.4, -0.2) is 16.2 Å². The molecule has 0 atom stereocenters. The maximum absolute atomic E-state index is 12.1. The van der Waals surface area contributed by atoms with Crippen LogP contribution in [0.4, 0.5) is 0 Å². The lowest BCUT2D eigenvalue weighted by Gasteiger charge is -1.98. The van der Waals surface area contributed by atoms with E-state index in [2.05, 4.69) is 33.1 Å². The molecule has 0 amide bonds. The van der Waals surface area contributed by atoms with Crippen LogP contribution in [-0.2, 0) is 17.8 Å². The maximum atomic E-state index is 12.1. The summed E-state index contributed by atoms with van der Waals surface area (Å²) in [5.41, 5.74) is 1.19. The number of aromatic nitrogens is 2. The third-order valence-corrected chi connectivity index (χ3v) is 4.82. The van der Waals surface area contributed by atoms with Gasteiger partial charge >= 0.3 is 5.97 Å². The number of nitrogens with zero attached hydrogens (tertiary/aromatic N) is 2. The highest BCUT2D eigenvalue weighted by Crippen LogP contribution is 2.25. The van der Waals surface area contributed by atoms with Gasteiger partial charge in [-0.3, -0.25) is 0 Å². The summed E-state index contributed by atoms with van der Waals surface area (Å²) in [7, 11) is 0. The Morgan fingerprint density at radius 1 is 1.33 bits per heavy atom. The van der Waals surface area contributed by atoms with E-state index in [4.69, 9.17) is 13.6 Å². The van der Waals surface area contributed by atoms with Crippen LogP contribution in [0, 0.1) is 6.92 Å². The van der Waals surface area contributed by atoms with Gasteiger partial charge in [0, 0.05) is 4.88 Å². The Bertz CT molecular complexity index is 852. The molecule has 6 nitrogen and oxygen atoms in total. The first-order valence-electron chi connectivity index (χ1n) is 7.41. The molecule has 0 aromatic carbocycles. The van der Waals surface area contributed by atoms with Crippen molar-refractivity contribution < 1.29 is 18.4 Å². The second-order valence-electron chi connectivity index (χ2n) is 5.12. The Labute approximate surface area is 151 Å². The minimum Gasteiger partial charge on any atom is -0.451 e. The number of esters is 1. The third kappa shape index (κ3) is 3.76. The highest BCUT2D eigenvalue weighted by atomic mass is 79.9. The summed E-state index contributed by atoms with van der Waals surface area (Å²) in [5, 5.41) is 7.73. The number of carbonyl (C=O) groups excluding carboxylic acids is 1. The minimum atomic E-state index is -0.383.